The highest BCUT2D eigenvalue weighted by Gasteiger charge is 2.16. The Hall–Kier alpha value is -1.44. The van der Waals surface area contributed by atoms with Crippen LogP contribution >= 0.6 is 0 Å². The molecule has 0 aromatic heterocycles. The molecule has 21 heavy (non-hydrogen) atoms. The lowest BCUT2D eigenvalue weighted by atomic mass is 9.87. The minimum absolute atomic E-state index is 0.398. The predicted molar refractivity (Wildman–Crippen MR) is 87.4 cm³/mol. The fourth-order valence-corrected chi connectivity index (χ4v) is 2.65. The van der Waals surface area contributed by atoms with Gasteiger partial charge in [0.15, 0.2) is 0 Å². The molecule has 0 amide bonds. The molecule has 0 spiro atoms. The molecule has 1 aromatic rings. The summed E-state index contributed by atoms with van der Waals surface area (Å²) in [4.78, 5) is 20.8. The third kappa shape index (κ3) is 7.79. The first kappa shape index (κ1) is 17.6. The number of ketones is 1. The molecule has 0 bridgehead atoms. The second-order valence-corrected chi connectivity index (χ2v) is 5.99. The van der Waals surface area contributed by atoms with E-state index in [2.05, 4.69) is 31.2 Å². The van der Waals surface area contributed by atoms with Crippen LogP contribution in [0.1, 0.15) is 63.0 Å². The summed E-state index contributed by atoms with van der Waals surface area (Å²) in [7, 11) is 0. The maximum absolute atomic E-state index is 10.8. The second kappa shape index (κ2) is 10.3. The van der Waals surface area contributed by atoms with E-state index in [1.807, 2.05) is 0 Å². The zero-order valence-corrected chi connectivity index (χ0v) is 13.4. The molecule has 116 valence electrons. The van der Waals surface area contributed by atoms with Gasteiger partial charge in [0.05, 0.1) is 0 Å². The van der Waals surface area contributed by atoms with E-state index in [1.54, 1.807) is 6.92 Å². The normalized spacial score (nSPS) is 15.0. The molecule has 2 rings (SSSR count). The SMILES string of the molecule is CC(=O)C1CCCCC1.Cc1ccc(CCCC=O)cc1. The van der Waals surface area contributed by atoms with Gasteiger partial charge in [-0.25, -0.2) is 0 Å². The van der Waals surface area contributed by atoms with Crippen LogP contribution in [0.15, 0.2) is 24.3 Å². The van der Waals surface area contributed by atoms with E-state index in [4.69, 9.17) is 0 Å². The van der Waals surface area contributed by atoms with E-state index in [0.29, 0.717) is 18.1 Å². The number of unbranched alkanes of at least 4 members (excludes halogenated alkanes) is 1. The van der Waals surface area contributed by atoms with E-state index < -0.39 is 0 Å². The topological polar surface area (TPSA) is 34.1 Å². The van der Waals surface area contributed by atoms with Crippen molar-refractivity contribution in [3.63, 3.8) is 0 Å². The van der Waals surface area contributed by atoms with Crippen LogP contribution in [0.2, 0.25) is 0 Å². The molecule has 0 radical (unpaired) electrons. The number of hydrogen-bond donors (Lipinski definition) is 0. The summed E-state index contributed by atoms with van der Waals surface area (Å²) in [6, 6.07) is 8.47. The Morgan fingerprint density at radius 2 is 1.76 bits per heavy atom. The first-order valence-corrected chi connectivity index (χ1v) is 8.13. The monoisotopic (exact) mass is 288 g/mol. The molecule has 1 aliphatic carbocycles. The first-order chi connectivity index (χ1) is 10.1. The summed E-state index contributed by atoms with van der Waals surface area (Å²) < 4.78 is 0. The van der Waals surface area contributed by atoms with Crippen LogP contribution in [-0.2, 0) is 16.0 Å². The molecule has 1 aliphatic rings. The van der Waals surface area contributed by atoms with Gasteiger partial charge in [-0.1, -0.05) is 49.1 Å². The van der Waals surface area contributed by atoms with E-state index in [-0.39, 0.29) is 0 Å². The van der Waals surface area contributed by atoms with E-state index >= 15 is 0 Å². The van der Waals surface area contributed by atoms with Gasteiger partial charge in [-0.3, -0.25) is 4.79 Å². The lowest BCUT2D eigenvalue weighted by molar-refractivity contribution is -0.121. The van der Waals surface area contributed by atoms with Crippen LogP contribution in [0.3, 0.4) is 0 Å². The van der Waals surface area contributed by atoms with Crippen molar-refractivity contribution >= 4 is 12.1 Å². The highest BCUT2D eigenvalue weighted by molar-refractivity contribution is 5.78. The zero-order valence-electron chi connectivity index (χ0n) is 13.4. The minimum Gasteiger partial charge on any atom is -0.303 e. The van der Waals surface area contributed by atoms with Crippen LogP contribution in [0.5, 0.6) is 0 Å². The highest BCUT2D eigenvalue weighted by Crippen LogP contribution is 2.23. The smallest absolute Gasteiger partial charge is 0.132 e. The van der Waals surface area contributed by atoms with Gasteiger partial charge in [-0.05, 0) is 45.1 Å². The quantitative estimate of drug-likeness (QED) is 0.582. The van der Waals surface area contributed by atoms with Gasteiger partial charge >= 0.3 is 0 Å². The molecule has 1 saturated carbocycles. The Kier molecular flexibility index (Phi) is 8.65. The van der Waals surface area contributed by atoms with Crippen molar-refractivity contribution in [1.82, 2.24) is 0 Å². The molecule has 0 atom stereocenters. The molecule has 2 heteroatoms. The lowest BCUT2D eigenvalue weighted by Crippen LogP contribution is -2.13. The van der Waals surface area contributed by atoms with Gasteiger partial charge < -0.3 is 4.79 Å². The van der Waals surface area contributed by atoms with Gasteiger partial charge in [0.1, 0.15) is 12.1 Å². The molecular weight excluding hydrogens is 260 g/mol. The van der Waals surface area contributed by atoms with Gasteiger partial charge in [0.25, 0.3) is 0 Å². The summed E-state index contributed by atoms with van der Waals surface area (Å²) in [5.41, 5.74) is 2.61. The average Bonchev–Trinajstić information content (AvgIpc) is 2.51. The van der Waals surface area contributed by atoms with Gasteiger partial charge in [0, 0.05) is 12.3 Å². The Morgan fingerprint density at radius 1 is 1.14 bits per heavy atom. The van der Waals surface area contributed by atoms with E-state index in [1.165, 1.54) is 30.4 Å². The van der Waals surface area contributed by atoms with Crippen molar-refractivity contribution in [2.24, 2.45) is 5.92 Å². The fraction of sp³-hybridized carbons (Fsp3) is 0.579. The molecule has 0 heterocycles. The van der Waals surface area contributed by atoms with Crippen molar-refractivity contribution in [1.29, 1.82) is 0 Å². The van der Waals surface area contributed by atoms with E-state index in [9.17, 15) is 9.59 Å². The highest BCUT2D eigenvalue weighted by atomic mass is 16.1. The van der Waals surface area contributed by atoms with Gasteiger partial charge in [0.2, 0.25) is 0 Å². The van der Waals surface area contributed by atoms with Crippen LogP contribution in [0, 0.1) is 12.8 Å². The van der Waals surface area contributed by atoms with Crippen LogP contribution in [0.25, 0.3) is 0 Å². The second-order valence-electron chi connectivity index (χ2n) is 5.99. The molecule has 0 saturated heterocycles. The van der Waals surface area contributed by atoms with Crippen LogP contribution < -0.4 is 0 Å². The van der Waals surface area contributed by atoms with Crippen molar-refractivity contribution < 1.29 is 9.59 Å². The predicted octanol–water partition coefficient (Wildman–Crippen LogP) is 4.67. The van der Waals surface area contributed by atoms with Crippen molar-refractivity contribution in [3.05, 3.63) is 35.4 Å². The summed E-state index contributed by atoms with van der Waals surface area (Å²) in [5.74, 6) is 0.813. The van der Waals surface area contributed by atoms with Gasteiger partial charge in [-0.15, -0.1) is 0 Å². The molecule has 0 aliphatic heterocycles. The number of benzene rings is 1. The van der Waals surface area contributed by atoms with Gasteiger partial charge in [-0.2, -0.15) is 0 Å². The number of aryl methyl sites for hydroxylation is 2. The number of rotatable bonds is 5. The van der Waals surface area contributed by atoms with E-state index in [0.717, 1.165) is 32.0 Å². The molecule has 0 N–H and O–H groups in total. The van der Waals surface area contributed by atoms with Crippen molar-refractivity contribution in [3.8, 4) is 0 Å². The van der Waals surface area contributed by atoms with Crippen molar-refractivity contribution in [2.75, 3.05) is 0 Å². The Morgan fingerprint density at radius 3 is 2.24 bits per heavy atom. The maximum atomic E-state index is 10.8. The average molecular weight is 288 g/mol. The molecule has 1 aromatic carbocycles. The number of hydrogen-bond acceptors (Lipinski definition) is 2. The standard InChI is InChI=1S/C11H14O.C8H14O/c1-10-5-7-11(8-6-10)4-2-3-9-12;1-7(9)8-5-3-2-4-6-8/h5-9H,2-4H2,1H3;8H,2-6H2,1H3. The van der Waals surface area contributed by atoms with Crippen molar-refractivity contribution in [2.45, 2.75) is 65.2 Å². The largest absolute Gasteiger partial charge is 0.303 e. The number of aldehydes is 1. The molecule has 2 nitrogen and oxygen atoms in total. The Balaban J connectivity index is 0.000000219. The Bertz CT molecular complexity index is 414. The third-order valence-electron chi connectivity index (χ3n) is 4.09. The van der Waals surface area contributed by atoms with Crippen LogP contribution in [0.4, 0.5) is 0 Å². The fourth-order valence-electron chi connectivity index (χ4n) is 2.65. The summed E-state index contributed by atoms with van der Waals surface area (Å²) in [5, 5.41) is 0. The molecule has 1 fully saturated rings. The number of Topliss-reactive ketones (excluding diaryl/α,β-unsaturated/α-hetero) is 1. The lowest BCUT2D eigenvalue weighted by Gasteiger charge is -2.17. The third-order valence-corrected chi connectivity index (χ3v) is 4.09. The number of carbonyl (C=O) groups excluding carboxylic acids is 2. The summed E-state index contributed by atoms with van der Waals surface area (Å²) >= 11 is 0. The van der Waals surface area contributed by atoms with Crippen LogP contribution in [-0.4, -0.2) is 12.1 Å². The zero-order chi connectivity index (χ0) is 15.5. The number of carbonyl (C=O) groups is 2. The summed E-state index contributed by atoms with van der Waals surface area (Å²) in [6.45, 7) is 3.80. The first-order valence-electron chi connectivity index (χ1n) is 8.13. The summed E-state index contributed by atoms with van der Waals surface area (Å²) in [6.07, 6.45) is 9.80. The molecule has 0 unspecified atom stereocenters. The Labute approximate surface area is 128 Å². The molecular formula is C19H28O2. The minimum atomic E-state index is 0.398. The maximum Gasteiger partial charge on any atom is 0.132 e.